The van der Waals surface area contributed by atoms with Gasteiger partial charge in [-0.1, -0.05) is 12.8 Å². The number of hydrogen-bond donors (Lipinski definition) is 1. The molecule has 1 saturated heterocycles. The van der Waals surface area contributed by atoms with E-state index in [-0.39, 0.29) is 0 Å². The average Bonchev–Trinajstić information content (AvgIpc) is 3.17. The standard InChI is InChI=1S/C15H25N5O/c1-3-21-15-18-13(16-2)17-14(19-15)20-10-6-9-12(20)11-7-4-5-8-11/h11-12H,3-10H2,1-2H3,(H,16,17,18,19). The minimum absolute atomic E-state index is 0.420. The van der Waals surface area contributed by atoms with Crippen LogP contribution in [0.1, 0.15) is 45.4 Å². The first-order valence-corrected chi connectivity index (χ1v) is 8.15. The maximum atomic E-state index is 5.48. The second-order valence-electron chi connectivity index (χ2n) is 5.87. The summed E-state index contributed by atoms with van der Waals surface area (Å²) < 4.78 is 5.48. The highest BCUT2D eigenvalue weighted by molar-refractivity contribution is 5.40. The van der Waals surface area contributed by atoms with Gasteiger partial charge >= 0.3 is 6.01 Å². The molecule has 1 atom stereocenters. The summed E-state index contributed by atoms with van der Waals surface area (Å²) in [6.07, 6.45) is 7.93. The Balaban J connectivity index is 1.85. The lowest BCUT2D eigenvalue weighted by Crippen LogP contribution is -2.36. The van der Waals surface area contributed by atoms with E-state index in [2.05, 4.69) is 25.2 Å². The first-order chi connectivity index (χ1) is 10.3. The molecule has 0 amide bonds. The Morgan fingerprint density at radius 1 is 1.14 bits per heavy atom. The molecule has 1 N–H and O–H groups in total. The van der Waals surface area contributed by atoms with Crippen molar-refractivity contribution in [1.82, 2.24) is 15.0 Å². The molecule has 21 heavy (non-hydrogen) atoms. The molecule has 0 aromatic carbocycles. The Morgan fingerprint density at radius 3 is 2.67 bits per heavy atom. The van der Waals surface area contributed by atoms with Crippen molar-refractivity contribution in [2.45, 2.75) is 51.5 Å². The van der Waals surface area contributed by atoms with Crippen molar-refractivity contribution in [2.75, 3.05) is 30.4 Å². The molecule has 1 aliphatic carbocycles. The number of aromatic nitrogens is 3. The quantitative estimate of drug-likeness (QED) is 0.899. The summed E-state index contributed by atoms with van der Waals surface area (Å²) in [5.74, 6) is 2.16. The predicted molar refractivity (Wildman–Crippen MR) is 82.9 cm³/mol. The number of nitrogens with one attached hydrogen (secondary N) is 1. The largest absolute Gasteiger partial charge is 0.464 e. The third-order valence-corrected chi connectivity index (χ3v) is 4.60. The van der Waals surface area contributed by atoms with Gasteiger partial charge in [-0.25, -0.2) is 0 Å². The van der Waals surface area contributed by atoms with Crippen LogP contribution in [0, 0.1) is 5.92 Å². The van der Waals surface area contributed by atoms with E-state index in [1.807, 2.05) is 14.0 Å². The average molecular weight is 291 g/mol. The molecule has 6 heteroatoms. The molecule has 2 heterocycles. The van der Waals surface area contributed by atoms with Crippen molar-refractivity contribution >= 4 is 11.9 Å². The van der Waals surface area contributed by atoms with Gasteiger partial charge in [-0.05, 0) is 38.5 Å². The monoisotopic (exact) mass is 291 g/mol. The van der Waals surface area contributed by atoms with Gasteiger partial charge in [0.15, 0.2) is 0 Å². The Kier molecular flexibility index (Phi) is 4.41. The van der Waals surface area contributed by atoms with Gasteiger partial charge in [-0.2, -0.15) is 15.0 Å². The van der Waals surface area contributed by atoms with Gasteiger partial charge in [0.05, 0.1) is 6.61 Å². The van der Waals surface area contributed by atoms with E-state index >= 15 is 0 Å². The van der Waals surface area contributed by atoms with Crippen molar-refractivity contribution in [1.29, 1.82) is 0 Å². The zero-order valence-corrected chi connectivity index (χ0v) is 13.0. The van der Waals surface area contributed by atoms with Crippen LogP contribution >= 0.6 is 0 Å². The van der Waals surface area contributed by atoms with E-state index in [0.717, 1.165) is 18.4 Å². The normalized spacial score (nSPS) is 22.8. The lowest BCUT2D eigenvalue weighted by atomic mass is 9.96. The van der Waals surface area contributed by atoms with Gasteiger partial charge in [-0.15, -0.1) is 0 Å². The maximum Gasteiger partial charge on any atom is 0.323 e. The van der Waals surface area contributed by atoms with Crippen molar-refractivity contribution < 1.29 is 4.74 Å². The molecule has 1 aliphatic heterocycles. The molecular formula is C15H25N5O. The van der Waals surface area contributed by atoms with Gasteiger partial charge < -0.3 is 15.0 Å². The minimum Gasteiger partial charge on any atom is -0.464 e. The summed E-state index contributed by atoms with van der Waals surface area (Å²) in [6.45, 7) is 3.55. The molecular weight excluding hydrogens is 266 g/mol. The van der Waals surface area contributed by atoms with Crippen LogP contribution in [0.2, 0.25) is 0 Å². The Bertz CT molecular complexity index is 475. The first-order valence-electron chi connectivity index (χ1n) is 8.15. The molecule has 0 radical (unpaired) electrons. The molecule has 1 aromatic rings. The molecule has 1 aromatic heterocycles. The summed E-state index contributed by atoms with van der Waals surface area (Å²) >= 11 is 0. The van der Waals surface area contributed by atoms with Crippen molar-refractivity contribution in [3.8, 4) is 6.01 Å². The van der Waals surface area contributed by atoms with E-state index in [4.69, 9.17) is 4.74 Å². The number of hydrogen-bond acceptors (Lipinski definition) is 6. The fourth-order valence-electron chi connectivity index (χ4n) is 3.65. The van der Waals surface area contributed by atoms with E-state index < -0.39 is 0 Å². The number of ether oxygens (including phenoxy) is 1. The second-order valence-corrected chi connectivity index (χ2v) is 5.87. The van der Waals surface area contributed by atoms with Crippen LogP contribution in [0.15, 0.2) is 0 Å². The smallest absolute Gasteiger partial charge is 0.323 e. The van der Waals surface area contributed by atoms with E-state index in [1.54, 1.807) is 0 Å². The highest BCUT2D eigenvalue weighted by Crippen LogP contribution is 2.37. The van der Waals surface area contributed by atoms with Gasteiger partial charge in [0.1, 0.15) is 0 Å². The van der Waals surface area contributed by atoms with Crippen LogP contribution in [0.3, 0.4) is 0 Å². The van der Waals surface area contributed by atoms with Crippen molar-refractivity contribution in [2.24, 2.45) is 5.92 Å². The SMILES string of the molecule is CCOc1nc(NC)nc(N2CCCC2C2CCCC2)n1. The molecule has 116 valence electrons. The van der Waals surface area contributed by atoms with Crippen LogP contribution < -0.4 is 15.0 Å². The van der Waals surface area contributed by atoms with E-state index in [1.165, 1.54) is 38.5 Å². The molecule has 0 spiro atoms. The predicted octanol–water partition coefficient (Wildman–Crippen LogP) is 2.47. The highest BCUT2D eigenvalue weighted by atomic mass is 16.5. The summed E-state index contributed by atoms with van der Waals surface area (Å²) in [5.41, 5.74) is 0. The third-order valence-electron chi connectivity index (χ3n) is 4.60. The van der Waals surface area contributed by atoms with E-state index in [0.29, 0.717) is 24.6 Å². The first kappa shape index (κ1) is 14.4. The molecule has 3 rings (SSSR count). The topological polar surface area (TPSA) is 63.2 Å². The maximum absolute atomic E-state index is 5.48. The Labute approximate surface area is 126 Å². The fourth-order valence-corrected chi connectivity index (χ4v) is 3.65. The summed E-state index contributed by atoms with van der Waals surface area (Å²) in [6, 6.07) is 1.01. The molecule has 1 saturated carbocycles. The van der Waals surface area contributed by atoms with Gasteiger partial charge in [-0.3, -0.25) is 0 Å². The van der Waals surface area contributed by atoms with Crippen LogP contribution in [0.5, 0.6) is 6.01 Å². The van der Waals surface area contributed by atoms with Gasteiger partial charge in [0, 0.05) is 19.6 Å². The fraction of sp³-hybridized carbons (Fsp3) is 0.800. The zero-order chi connectivity index (χ0) is 14.7. The van der Waals surface area contributed by atoms with Crippen LogP contribution in [-0.2, 0) is 0 Å². The number of anilines is 2. The summed E-state index contributed by atoms with van der Waals surface area (Å²) in [7, 11) is 1.83. The molecule has 2 aliphatic rings. The van der Waals surface area contributed by atoms with Crippen LogP contribution in [0.25, 0.3) is 0 Å². The summed E-state index contributed by atoms with van der Waals surface area (Å²) in [5, 5.41) is 3.01. The number of nitrogens with zero attached hydrogens (tertiary/aromatic N) is 4. The number of rotatable bonds is 5. The van der Waals surface area contributed by atoms with Crippen molar-refractivity contribution in [3.63, 3.8) is 0 Å². The Hall–Kier alpha value is -1.59. The molecule has 2 fully saturated rings. The van der Waals surface area contributed by atoms with Crippen LogP contribution in [0.4, 0.5) is 11.9 Å². The highest BCUT2D eigenvalue weighted by Gasteiger charge is 2.35. The third kappa shape index (κ3) is 3.04. The second kappa shape index (κ2) is 6.45. The molecule has 6 nitrogen and oxygen atoms in total. The summed E-state index contributed by atoms with van der Waals surface area (Å²) in [4.78, 5) is 15.7. The Morgan fingerprint density at radius 2 is 1.95 bits per heavy atom. The van der Waals surface area contributed by atoms with E-state index in [9.17, 15) is 0 Å². The zero-order valence-electron chi connectivity index (χ0n) is 13.0. The van der Waals surface area contributed by atoms with Crippen molar-refractivity contribution in [3.05, 3.63) is 0 Å². The molecule has 0 bridgehead atoms. The minimum atomic E-state index is 0.420. The lowest BCUT2D eigenvalue weighted by Gasteiger charge is -2.29. The van der Waals surface area contributed by atoms with Crippen LogP contribution in [-0.4, -0.2) is 41.2 Å². The lowest BCUT2D eigenvalue weighted by molar-refractivity contribution is 0.311. The van der Waals surface area contributed by atoms with Gasteiger partial charge in [0.25, 0.3) is 0 Å². The van der Waals surface area contributed by atoms with Gasteiger partial charge in [0.2, 0.25) is 11.9 Å². The molecule has 1 unspecified atom stereocenters.